The van der Waals surface area contributed by atoms with Gasteiger partial charge in [-0.25, -0.2) is 0 Å². The van der Waals surface area contributed by atoms with Gasteiger partial charge in [0, 0.05) is 22.3 Å². The van der Waals surface area contributed by atoms with E-state index in [9.17, 15) is 10.00 Å². The summed E-state index contributed by atoms with van der Waals surface area (Å²) in [6.07, 6.45) is 0. The van der Waals surface area contributed by atoms with Crippen LogP contribution in [0.4, 0.5) is 0 Å². The fourth-order valence-electron chi connectivity index (χ4n) is 3.62. The second kappa shape index (κ2) is 8.59. The molecule has 7 heteroatoms. The Kier molecular flexibility index (Phi) is 6.99. The molecule has 0 saturated heterocycles. The summed E-state index contributed by atoms with van der Waals surface area (Å²) in [6, 6.07) is 6.82. The van der Waals surface area contributed by atoms with Crippen LogP contribution in [0.15, 0.2) is 24.3 Å². The molecule has 0 heterocycles. The number of aromatic hydroxyl groups is 1. The fraction of sp³-hybridized carbons (Fsp3) is 0.455. The normalized spacial score (nSPS) is 13.2. The van der Waals surface area contributed by atoms with E-state index in [0.29, 0.717) is 28.4 Å². The highest BCUT2D eigenvalue weighted by atomic mass is 35.7. The molecule has 0 bridgehead atoms. The van der Waals surface area contributed by atoms with Crippen LogP contribution in [0.3, 0.4) is 0 Å². The van der Waals surface area contributed by atoms with E-state index < -0.39 is 7.73 Å². The summed E-state index contributed by atoms with van der Waals surface area (Å²) in [7, 11) is 1.02. The summed E-state index contributed by atoms with van der Waals surface area (Å²) in [5.41, 5.74) is 2.12. The van der Waals surface area contributed by atoms with E-state index in [1.54, 1.807) is 38.5 Å². The summed E-state index contributed by atoms with van der Waals surface area (Å²) in [5.74, 6) is 1.75. The molecule has 2 N–H and O–H groups in total. The highest BCUT2D eigenvalue weighted by molar-refractivity contribution is 7.75. The lowest BCUT2D eigenvalue weighted by atomic mass is 9.75. The lowest BCUT2D eigenvalue weighted by molar-refractivity contribution is 0.392. The molecule has 0 radical (unpaired) electrons. The lowest BCUT2D eigenvalue weighted by Crippen LogP contribution is -2.18. The Bertz CT molecular complexity index is 882. The van der Waals surface area contributed by atoms with Crippen LogP contribution in [0.25, 0.3) is 11.1 Å². The molecule has 0 aliphatic rings. The second-order valence-corrected chi connectivity index (χ2v) is 10.4. The van der Waals surface area contributed by atoms with Crippen molar-refractivity contribution in [1.29, 1.82) is 0 Å². The standard InChI is InChI=1S/C22H30ClO5P/c1-21(2,3)19-15(26-7)10-9-13(24)17(19)18-14(28-29(23)25)11-12-16(27-8)20(18)22(4,5)6/h9-12,24-25H,1-8H3. The topological polar surface area (TPSA) is 68.2 Å². The number of halogens is 1. The van der Waals surface area contributed by atoms with Crippen molar-refractivity contribution in [2.24, 2.45) is 0 Å². The molecule has 0 fully saturated rings. The van der Waals surface area contributed by atoms with Crippen molar-refractivity contribution in [3.8, 4) is 34.1 Å². The van der Waals surface area contributed by atoms with Crippen molar-refractivity contribution >= 4 is 19.0 Å². The van der Waals surface area contributed by atoms with Crippen molar-refractivity contribution < 1.29 is 24.0 Å². The molecule has 5 nitrogen and oxygen atoms in total. The summed E-state index contributed by atoms with van der Waals surface area (Å²) >= 11 is 5.82. The Hall–Kier alpha value is -1.68. The summed E-state index contributed by atoms with van der Waals surface area (Å²) in [5, 5.41) is 11.0. The van der Waals surface area contributed by atoms with Crippen LogP contribution >= 0.6 is 19.0 Å². The Morgan fingerprint density at radius 3 is 1.59 bits per heavy atom. The monoisotopic (exact) mass is 440 g/mol. The first-order chi connectivity index (χ1) is 13.3. The highest BCUT2D eigenvalue weighted by Crippen LogP contribution is 2.54. The van der Waals surface area contributed by atoms with Gasteiger partial charge in [0.1, 0.15) is 23.0 Å². The molecule has 29 heavy (non-hydrogen) atoms. The molecule has 2 aromatic rings. The molecule has 2 aromatic carbocycles. The highest BCUT2D eigenvalue weighted by Gasteiger charge is 2.34. The Morgan fingerprint density at radius 2 is 1.17 bits per heavy atom. The minimum atomic E-state index is -2.19. The van der Waals surface area contributed by atoms with Gasteiger partial charge in [-0.2, -0.15) is 0 Å². The number of benzene rings is 2. The zero-order valence-corrected chi connectivity index (χ0v) is 19.9. The van der Waals surface area contributed by atoms with Gasteiger partial charge in [-0.15, -0.1) is 0 Å². The van der Waals surface area contributed by atoms with Crippen LogP contribution < -0.4 is 14.0 Å². The van der Waals surface area contributed by atoms with E-state index in [4.69, 9.17) is 25.2 Å². The number of phenolic OH excluding ortho intramolecular Hbond substituents is 1. The average molecular weight is 441 g/mol. The average Bonchev–Trinajstić information content (AvgIpc) is 2.59. The van der Waals surface area contributed by atoms with Crippen molar-refractivity contribution in [1.82, 2.24) is 0 Å². The van der Waals surface area contributed by atoms with Crippen LogP contribution in [0.5, 0.6) is 23.0 Å². The number of methoxy groups -OCH3 is 2. The zero-order valence-electron chi connectivity index (χ0n) is 18.3. The van der Waals surface area contributed by atoms with E-state index in [0.717, 1.165) is 11.1 Å². The van der Waals surface area contributed by atoms with Crippen LogP contribution in [-0.4, -0.2) is 24.2 Å². The van der Waals surface area contributed by atoms with E-state index in [1.807, 2.05) is 20.8 Å². The van der Waals surface area contributed by atoms with Gasteiger partial charge in [-0.1, -0.05) is 41.5 Å². The van der Waals surface area contributed by atoms with Crippen molar-refractivity contribution in [2.75, 3.05) is 14.2 Å². The van der Waals surface area contributed by atoms with Crippen LogP contribution in [-0.2, 0) is 10.8 Å². The van der Waals surface area contributed by atoms with Gasteiger partial charge in [0.25, 0.3) is 0 Å². The smallest absolute Gasteiger partial charge is 0.335 e. The maximum atomic E-state index is 11.0. The van der Waals surface area contributed by atoms with Crippen LogP contribution in [0.1, 0.15) is 52.7 Å². The molecule has 1 atom stereocenters. The first-order valence-electron chi connectivity index (χ1n) is 9.28. The number of hydrogen-bond donors (Lipinski definition) is 2. The van der Waals surface area contributed by atoms with Crippen LogP contribution in [0.2, 0.25) is 0 Å². The number of hydrogen-bond acceptors (Lipinski definition) is 5. The predicted molar refractivity (Wildman–Crippen MR) is 120 cm³/mol. The third-order valence-electron chi connectivity index (χ3n) is 4.64. The molecular weight excluding hydrogens is 411 g/mol. The molecule has 0 aromatic heterocycles. The van der Waals surface area contributed by atoms with Gasteiger partial charge in [-0.3, -0.25) is 0 Å². The molecular formula is C22H30ClO5P. The first-order valence-corrected chi connectivity index (χ1v) is 11.4. The molecule has 0 aliphatic carbocycles. The summed E-state index contributed by atoms with van der Waals surface area (Å²) in [4.78, 5) is 9.79. The minimum absolute atomic E-state index is 0.0798. The zero-order chi connectivity index (χ0) is 22.1. The Balaban J connectivity index is 3.12. The van der Waals surface area contributed by atoms with Crippen molar-refractivity contribution in [3.63, 3.8) is 0 Å². The van der Waals surface area contributed by atoms with Gasteiger partial charge in [-0.05, 0) is 46.3 Å². The predicted octanol–water partition coefficient (Wildman–Crippen LogP) is 6.51. The van der Waals surface area contributed by atoms with Crippen molar-refractivity contribution in [2.45, 2.75) is 52.4 Å². The van der Waals surface area contributed by atoms with Gasteiger partial charge in [0.2, 0.25) is 0 Å². The van der Waals surface area contributed by atoms with Gasteiger partial charge >= 0.3 is 7.73 Å². The van der Waals surface area contributed by atoms with Gasteiger partial charge in [0.15, 0.2) is 0 Å². The minimum Gasteiger partial charge on any atom is -0.507 e. The fourth-order valence-corrected chi connectivity index (χ4v) is 4.16. The third-order valence-corrected chi connectivity index (χ3v) is 5.19. The molecule has 0 amide bonds. The van der Waals surface area contributed by atoms with Crippen molar-refractivity contribution in [3.05, 3.63) is 35.4 Å². The maximum absolute atomic E-state index is 11.0. The van der Waals surface area contributed by atoms with Crippen LogP contribution in [0, 0.1) is 0 Å². The molecule has 2 rings (SSSR count). The van der Waals surface area contributed by atoms with Gasteiger partial charge in [0.05, 0.1) is 14.2 Å². The number of rotatable bonds is 5. The van der Waals surface area contributed by atoms with Gasteiger partial charge < -0.3 is 24.0 Å². The molecule has 0 spiro atoms. The first kappa shape index (κ1) is 23.6. The lowest BCUT2D eigenvalue weighted by Gasteiger charge is -2.31. The summed E-state index contributed by atoms with van der Waals surface area (Å²) < 4.78 is 16.9. The van der Waals surface area contributed by atoms with E-state index in [2.05, 4.69) is 20.8 Å². The second-order valence-electron chi connectivity index (χ2n) is 8.87. The molecule has 0 aliphatic heterocycles. The van der Waals surface area contributed by atoms with E-state index in [-0.39, 0.29) is 16.6 Å². The molecule has 0 saturated carbocycles. The quantitative estimate of drug-likeness (QED) is 0.519. The Labute approximate surface area is 179 Å². The van der Waals surface area contributed by atoms with E-state index >= 15 is 0 Å². The van der Waals surface area contributed by atoms with E-state index in [1.165, 1.54) is 0 Å². The molecule has 160 valence electrons. The summed E-state index contributed by atoms with van der Waals surface area (Å²) in [6.45, 7) is 12.3. The number of phenols is 1. The largest absolute Gasteiger partial charge is 0.507 e. The molecule has 1 unspecified atom stereocenters. The Morgan fingerprint density at radius 1 is 0.759 bits per heavy atom. The maximum Gasteiger partial charge on any atom is 0.335 e. The SMILES string of the molecule is COc1ccc(O)c(-c2c(OP(O)Cl)ccc(OC)c2C(C)(C)C)c1C(C)(C)C. The number of ether oxygens (including phenoxy) is 2. The third kappa shape index (κ3) is 4.91.